The van der Waals surface area contributed by atoms with Gasteiger partial charge in [-0.15, -0.1) is 0 Å². The van der Waals surface area contributed by atoms with Gasteiger partial charge in [0, 0.05) is 25.3 Å². The summed E-state index contributed by atoms with van der Waals surface area (Å²) in [4.78, 5) is 29.6. The van der Waals surface area contributed by atoms with Gasteiger partial charge in [-0.25, -0.2) is 4.98 Å². The fraction of sp³-hybridized carbons (Fsp3) is 0.615. The van der Waals surface area contributed by atoms with Gasteiger partial charge in [0.15, 0.2) is 0 Å². The van der Waals surface area contributed by atoms with E-state index in [1.54, 1.807) is 28.9 Å². The Morgan fingerprint density at radius 1 is 1.55 bits per heavy atom. The maximum Gasteiger partial charge on any atom is 0.325 e. The Kier molecular flexibility index (Phi) is 4.73. The van der Waals surface area contributed by atoms with Crippen LogP contribution in [0.25, 0.3) is 0 Å². The van der Waals surface area contributed by atoms with Crippen molar-refractivity contribution in [1.82, 2.24) is 14.5 Å². The molecule has 0 radical (unpaired) electrons. The highest BCUT2D eigenvalue weighted by atomic mass is 16.5. The maximum atomic E-state index is 12.4. The van der Waals surface area contributed by atoms with Crippen LogP contribution in [0.3, 0.4) is 0 Å². The molecule has 20 heavy (non-hydrogen) atoms. The molecule has 2 rings (SSSR count). The maximum absolute atomic E-state index is 12.4. The number of nitrogens with zero attached hydrogens (tertiary/aromatic N) is 3. The van der Waals surface area contributed by atoms with E-state index in [2.05, 4.69) is 4.98 Å². The largest absolute Gasteiger partial charge is 0.465 e. The predicted molar refractivity (Wildman–Crippen MR) is 72.0 cm³/mol. The lowest BCUT2D eigenvalue weighted by Gasteiger charge is -2.20. The average molecular weight is 280 g/mol. The molecule has 1 aliphatic carbocycles. The first-order valence-corrected chi connectivity index (χ1v) is 6.84. The van der Waals surface area contributed by atoms with E-state index in [0.29, 0.717) is 25.4 Å². The smallest absolute Gasteiger partial charge is 0.325 e. The van der Waals surface area contributed by atoms with Crippen molar-refractivity contribution >= 4 is 11.9 Å². The summed E-state index contributed by atoms with van der Waals surface area (Å²) in [6.45, 7) is 3.15. The summed E-state index contributed by atoms with van der Waals surface area (Å²) < 4.78 is 6.67. The Hall–Kier alpha value is -1.89. The van der Waals surface area contributed by atoms with Crippen molar-refractivity contribution in [3.8, 4) is 0 Å². The van der Waals surface area contributed by atoms with Gasteiger partial charge >= 0.3 is 5.97 Å². The van der Waals surface area contributed by atoms with E-state index >= 15 is 0 Å². The molecule has 0 unspecified atom stereocenters. The number of carbonyl (C=O) groups is 2. The van der Waals surface area contributed by atoms with Gasteiger partial charge in [-0.2, -0.15) is 0 Å². The Balaban J connectivity index is 2.04. The zero-order chi connectivity index (χ0) is 14.5. The number of rotatable bonds is 7. The minimum Gasteiger partial charge on any atom is -0.465 e. The van der Waals surface area contributed by atoms with Gasteiger partial charge in [-0.3, -0.25) is 9.59 Å². The van der Waals surface area contributed by atoms with E-state index in [1.807, 2.05) is 0 Å². The van der Waals surface area contributed by atoms with Gasteiger partial charge in [0.1, 0.15) is 12.2 Å². The van der Waals surface area contributed by atoms with Crippen LogP contribution in [0, 0.1) is 0 Å². The van der Waals surface area contributed by atoms with Crippen LogP contribution in [0.5, 0.6) is 0 Å². The van der Waals surface area contributed by atoms with E-state index < -0.39 is 0 Å². The molecule has 1 aliphatic rings. The number of ether oxygens (including phenoxy) is 1. The fourth-order valence-corrected chi connectivity index (χ4v) is 1.99. The standard InChI is InChI=1S/C13H20N4O3/c1-2-20-12(18)8-17(10-3-4-10)13(19)11-7-16(6-5-14)9-15-11/h7,9-10H,2-6,8,14H2,1H3. The molecule has 0 bridgehead atoms. The molecule has 7 heteroatoms. The Labute approximate surface area is 117 Å². The third-order valence-electron chi connectivity index (χ3n) is 3.09. The van der Waals surface area contributed by atoms with Gasteiger partial charge in [-0.1, -0.05) is 0 Å². The van der Waals surface area contributed by atoms with Crippen molar-refractivity contribution in [2.24, 2.45) is 5.73 Å². The number of carbonyl (C=O) groups excluding carboxylic acids is 2. The van der Waals surface area contributed by atoms with Crippen molar-refractivity contribution in [2.75, 3.05) is 19.7 Å². The van der Waals surface area contributed by atoms with E-state index in [-0.39, 0.29) is 24.5 Å². The quantitative estimate of drug-likeness (QED) is 0.710. The molecule has 7 nitrogen and oxygen atoms in total. The molecule has 2 N–H and O–H groups in total. The van der Waals surface area contributed by atoms with E-state index in [0.717, 1.165) is 12.8 Å². The van der Waals surface area contributed by atoms with Crippen LogP contribution >= 0.6 is 0 Å². The van der Waals surface area contributed by atoms with Crippen LogP contribution < -0.4 is 5.73 Å². The van der Waals surface area contributed by atoms with E-state index in [4.69, 9.17) is 10.5 Å². The van der Waals surface area contributed by atoms with Gasteiger partial charge in [0.05, 0.1) is 12.9 Å². The molecule has 1 amide bonds. The first-order valence-electron chi connectivity index (χ1n) is 6.84. The topological polar surface area (TPSA) is 90.5 Å². The van der Waals surface area contributed by atoms with E-state index in [1.165, 1.54) is 0 Å². The third-order valence-corrected chi connectivity index (χ3v) is 3.09. The van der Waals surface area contributed by atoms with Crippen molar-refractivity contribution in [1.29, 1.82) is 0 Å². The van der Waals surface area contributed by atoms with Crippen LogP contribution in [0.2, 0.25) is 0 Å². The zero-order valence-electron chi connectivity index (χ0n) is 11.6. The molecule has 0 spiro atoms. The summed E-state index contributed by atoms with van der Waals surface area (Å²) in [5, 5.41) is 0. The second-order valence-electron chi connectivity index (χ2n) is 4.75. The first kappa shape index (κ1) is 14.5. The molecule has 1 aromatic heterocycles. The molecule has 1 saturated carbocycles. The lowest BCUT2D eigenvalue weighted by molar-refractivity contribution is -0.144. The monoisotopic (exact) mass is 280 g/mol. The SMILES string of the molecule is CCOC(=O)CN(C(=O)c1cn(CCN)cn1)C1CC1. The average Bonchev–Trinajstić information content (AvgIpc) is 3.15. The van der Waals surface area contributed by atoms with Crippen LogP contribution in [-0.2, 0) is 16.1 Å². The summed E-state index contributed by atoms with van der Waals surface area (Å²) >= 11 is 0. The number of hydrogen-bond donors (Lipinski definition) is 1. The highest BCUT2D eigenvalue weighted by Crippen LogP contribution is 2.27. The fourth-order valence-electron chi connectivity index (χ4n) is 1.99. The van der Waals surface area contributed by atoms with Crippen LogP contribution in [0.1, 0.15) is 30.3 Å². The second kappa shape index (κ2) is 6.51. The summed E-state index contributed by atoms with van der Waals surface area (Å²) in [6.07, 6.45) is 5.09. The third kappa shape index (κ3) is 3.57. The van der Waals surface area contributed by atoms with Gasteiger partial charge in [-0.05, 0) is 19.8 Å². The molecular weight excluding hydrogens is 260 g/mol. The minimum absolute atomic E-state index is 0.0128. The van der Waals surface area contributed by atoms with Crippen molar-refractivity contribution in [3.05, 3.63) is 18.2 Å². The molecule has 0 aromatic carbocycles. The predicted octanol–water partition coefficient (Wildman–Crippen LogP) is 0.00950. The van der Waals surface area contributed by atoms with Crippen molar-refractivity contribution in [3.63, 3.8) is 0 Å². The second-order valence-corrected chi connectivity index (χ2v) is 4.75. The molecule has 1 fully saturated rings. The van der Waals surface area contributed by atoms with Crippen molar-refractivity contribution in [2.45, 2.75) is 32.4 Å². The number of esters is 1. The van der Waals surface area contributed by atoms with Crippen LogP contribution in [-0.4, -0.2) is 52.1 Å². The van der Waals surface area contributed by atoms with Crippen LogP contribution in [0.4, 0.5) is 0 Å². The van der Waals surface area contributed by atoms with Gasteiger partial charge < -0.3 is 19.9 Å². The number of nitrogens with two attached hydrogens (primary N) is 1. The Morgan fingerprint density at radius 3 is 2.90 bits per heavy atom. The molecule has 0 aliphatic heterocycles. The van der Waals surface area contributed by atoms with Crippen molar-refractivity contribution < 1.29 is 14.3 Å². The highest BCUT2D eigenvalue weighted by Gasteiger charge is 2.35. The summed E-state index contributed by atoms with van der Waals surface area (Å²) in [7, 11) is 0. The lowest BCUT2D eigenvalue weighted by atomic mass is 10.3. The normalized spacial score (nSPS) is 14.1. The Morgan fingerprint density at radius 2 is 2.30 bits per heavy atom. The minimum atomic E-state index is -0.380. The number of aromatic nitrogens is 2. The van der Waals surface area contributed by atoms with E-state index in [9.17, 15) is 9.59 Å². The summed E-state index contributed by atoms with van der Waals surface area (Å²) in [5.74, 6) is -0.606. The zero-order valence-corrected chi connectivity index (χ0v) is 11.6. The first-order chi connectivity index (χ1) is 9.65. The molecule has 1 heterocycles. The molecule has 0 saturated heterocycles. The number of amides is 1. The van der Waals surface area contributed by atoms with Gasteiger partial charge in [0.2, 0.25) is 0 Å². The molecular formula is C13H20N4O3. The number of hydrogen-bond acceptors (Lipinski definition) is 5. The Bertz CT molecular complexity index is 482. The summed E-state index contributed by atoms with van der Waals surface area (Å²) in [6, 6.07) is 0.131. The lowest BCUT2D eigenvalue weighted by Crippen LogP contribution is -2.38. The molecule has 0 atom stereocenters. The summed E-state index contributed by atoms with van der Waals surface area (Å²) in [5.41, 5.74) is 5.80. The highest BCUT2D eigenvalue weighted by molar-refractivity contribution is 5.94. The number of imidazole rings is 1. The molecule has 110 valence electrons. The molecule has 1 aromatic rings. The van der Waals surface area contributed by atoms with Crippen LogP contribution in [0.15, 0.2) is 12.5 Å². The van der Waals surface area contributed by atoms with Gasteiger partial charge in [0.25, 0.3) is 5.91 Å².